The van der Waals surface area contributed by atoms with Crippen molar-refractivity contribution in [2.24, 2.45) is 0 Å². The normalized spacial score (nSPS) is 24.9. The Morgan fingerprint density at radius 3 is 2.71 bits per heavy atom. The van der Waals surface area contributed by atoms with Gasteiger partial charge in [-0.25, -0.2) is 4.79 Å². The Morgan fingerprint density at radius 1 is 1.19 bits per heavy atom. The number of hydrogen-bond acceptors (Lipinski definition) is 5. The third-order valence-electron chi connectivity index (χ3n) is 3.41. The lowest BCUT2D eigenvalue weighted by Crippen LogP contribution is -2.52. The van der Waals surface area contributed by atoms with Gasteiger partial charge in [0.25, 0.3) is 5.91 Å². The number of rotatable bonds is 2. The van der Waals surface area contributed by atoms with Gasteiger partial charge in [-0.15, -0.1) is 0 Å². The topological polar surface area (TPSA) is 85.3 Å². The van der Waals surface area contributed by atoms with Crippen LogP contribution >= 0.6 is 0 Å². The lowest BCUT2D eigenvalue weighted by molar-refractivity contribution is -0.148. The average Bonchev–Trinajstić information content (AvgIpc) is 2.54. The van der Waals surface area contributed by atoms with Crippen LogP contribution in [-0.2, 0) is 19.1 Å². The maximum atomic E-state index is 12.6. The first-order valence-corrected chi connectivity index (χ1v) is 6.66. The highest BCUT2D eigenvalue weighted by Gasteiger charge is 2.37. The van der Waals surface area contributed by atoms with Gasteiger partial charge < -0.3 is 24.2 Å². The number of benzene rings is 1. The van der Waals surface area contributed by atoms with Crippen molar-refractivity contribution in [1.82, 2.24) is 0 Å². The second-order valence-electron chi connectivity index (χ2n) is 4.80. The van der Waals surface area contributed by atoms with E-state index in [1.807, 2.05) is 0 Å². The summed E-state index contributed by atoms with van der Waals surface area (Å²) < 4.78 is 16.0. The maximum Gasteiger partial charge on any atom is 0.346 e. The van der Waals surface area contributed by atoms with Crippen LogP contribution in [0.25, 0.3) is 0 Å². The quantitative estimate of drug-likeness (QED) is 0.843. The third kappa shape index (κ3) is 2.70. The highest BCUT2D eigenvalue weighted by Crippen LogP contribution is 2.33. The molecule has 1 N–H and O–H groups in total. The van der Waals surface area contributed by atoms with Crippen molar-refractivity contribution >= 4 is 17.6 Å². The predicted molar refractivity (Wildman–Crippen MR) is 71.4 cm³/mol. The summed E-state index contributed by atoms with van der Waals surface area (Å²) in [6, 6.07) is 6.85. The Bertz CT molecular complexity index is 554. The number of carboxylic acid groups (broad SMARTS) is 1. The van der Waals surface area contributed by atoms with Gasteiger partial charge in [0.05, 0.1) is 32.1 Å². The first-order valence-electron chi connectivity index (χ1n) is 6.66. The first kappa shape index (κ1) is 13.8. The fourth-order valence-corrected chi connectivity index (χ4v) is 2.38. The smallest absolute Gasteiger partial charge is 0.346 e. The Hall–Kier alpha value is -2.12. The van der Waals surface area contributed by atoms with E-state index in [-0.39, 0.29) is 19.1 Å². The van der Waals surface area contributed by atoms with E-state index in [1.54, 1.807) is 24.3 Å². The first-order chi connectivity index (χ1) is 10.2. The number of carboxylic acids is 1. The molecule has 0 aliphatic carbocycles. The van der Waals surface area contributed by atoms with E-state index in [0.717, 1.165) is 0 Å². The zero-order valence-corrected chi connectivity index (χ0v) is 11.2. The summed E-state index contributed by atoms with van der Waals surface area (Å²) in [6.45, 7) is 0.938. The Labute approximate surface area is 121 Å². The molecule has 112 valence electrons. The average molecular weight is 293 g/mol. The van der Waals surface area contributed by atoms with Crippen LogP contribution in [0.15, 0.2) is 24.3 Å². The van der Waals surface area contributed by atoms with Gasteiger partial charge in [-0.2, -0.15) is 0 Å². The SMILES string of the molecule is O=C(O)C1CN(C(=O)C2COCCO2)c2ccccc2O1. The number of nitrogens with zero attached hydrogens (tertiary/aromatic N) is 1. The van der Waals surface area contributed by atoms with Gasteiger partial charge in [-0.3, -0.25) is 4.79 Å². The van der Waals surface area contributed by atoms with Gasteiger partial charge in [0, 0.05) is 0 Å². The van der Waals surface area contributed by atoms with Gasteiger partial charge in [0.2, 0.25) is 6.10 Å². The number of carbonyl (C=O) groups is 2. The van der Waals surface area contributed by atoms with Gasteiger partial charge in [0.15, 0.2) is 6.10 Å². The van der Waals surface area contributed by atoms with Crippen molar-refractivity contribution in [2.45, 2.75) is 12.2 Å². The van der Waals surface area contributed by atoms with E-state index in [0.29, 0.717) is 24.7 Å². The molecule has 2 aliphatic rings. The molecule has 0 aromatic heterocycles. The monoisotopic (exact) mass is 293 g/mol. The molecule has 0 radical (unpaired) electrons. The zero-order chi connectivity index (χ0) is 14.8. The molecule has 0 spiro atoms. The third-order valence-corrected chi connectivity index (χ3v) is 3.41. The molecule has 3 rings (SSSR count). The van der Waals surface area contributed by atoms with Crippen LogP contribution in [-0.4, -0.2) is 55.6 Å². The molecule has 2 atom stereocenters. The summed E-state index contributed by atoms with van der Waals surface area (Å²) in [4.78, 5) is 25.1. The number of aliphatic carboxylic acids is 1. The Morgan fingerprint density at radius 2 is 2.00 bits per heavy atom. The van der Waals surface area contributed by atoms with Crippen LogP contribution in [0.1, 0.15) is 0 Å². The summed E-state index contributed by atoms with van der Waals surface area (Å²) in [5, 5.41) is 9.15. The predicted octanol–water partition coefficient (Wildman–Crippen LogP) is 0.281. The molecule has 1 aromatic rings. The molecule has 2 unspecified atom stereocenters. The standard InChI is InChI=1S/C14H15NO6/c16-13(12-8-19-5-6-20-12)15-7-11(14(17)18)21-10-4-2-1-3-9(10)15/h1-4,11-12H,5-8H2,(H,17,18). The zero-order valence-electron chi connectivity index (χ0n) is 11.2. The number of ether oxygens (including phenoxy) is 3. The van der Waals surface area contributed by atoms with Gasteiger partial charge >= 0.3 is 5.97 Å². The van der Waals surface area contributed by atoms with Crippen molar-refractivity contribution in [1.29, 1.82) is 0 Å². The minimum absolute atomic E-state index is 0.0506. The minimum atomic E-state index is -1.11. The summed E-state index contributed by atoms with van der Waals surface area (Å²) in [7, 11) is 0. The Balaban J connectivity index is 1.88. The number of amides is 1. The summed E-state index contributed by atoms with van der Waals surface area (Å²) in [5.41, 5.74) is 0.550. The molecule has 7 nitrogen and oxygen atoms in total. The molecule has 21 heavy (non-hydrogen) atoms. The van der Waals surface area contributed by atoms with Gasteiger partial charge in [-0.05, 0) is 12.1 Å². The molecule has 0 bridgehead atoms. The van der Waals surface area contributed by atoms with Crippen LogP contribution < -0.4 is 9.64 Å². The van der Waals surface area contributed by atoms with E-state index in [9.17, 15) is 9.59 Å². The van der Waals surface area contributed by atoms with Crippen molar-refractivity contribution in [3.63, 3.8) is 0 Å². The molecule has 2 heterocycles. The molecule has 7 heteroatoms. The highest BCUT2D eigenvalue weighted by molar-refractivity contribution is 5.99. The van der Waals surface area contributed by atoms with Crippen LogP contribution in [0.5, 0.6) is 5.75 Å². The minimum Gasteiger partial charge on any atom is -0.478 e. The number of hydrogen-bond donors (Lipinski definition) is 1. The second-order valence-corrected chi connectivity index (χ2v) is 4.80. The largest absolute Gasteiger partial charge is 0.478 e. The molecule has 1 saturated heterocycles. The number of anilines is 1. The maximum absolute atomic E-state index is 12.6. The highest BCUT2D eigenvalue weighted by atomic mass is 16.6. The molecular weight excluding hydrogens is 278 g/mol. The van der Waals surface area contributed by atoms with Gasteiger partial charge in [-0.1, -0.05) is 12.1 Å². The fourth-order valence-electron chi connectivity index (χ4n) is 2.38. The summed E-state index contributed by atoms with van der Waals surface area (Å²) >= 11 is 0. The van der Waals surface area contributed by atoms with Crippen LogP contribution in [0.3, 0.4) is 0 Å². The lowest BCUT2D eigenvalue weighted by atomic mass is 10.1. The molecule has 1 aromatic carbocycles. The lowest BCUT2D eigenvalue weighted by Gasteiger charge is -2.35. The molecule has 0 saturated carbocycles. The molecular formula is C14H15NO6. The molecule has 1 fully saturated rings. The van der Waals surface area contributed by atoms with Crippen molar-refractivity contribution < 1.29 is 28.9 Å². The van der Waals surface area contributed by atoms with Gasteiger partial charge in [0.1, 0.15) is 5.75 Å². The number of para-hydroxylation sites is 2. The fraction of sp³-hybridized carbons (Fsp3) is 0.429. The van der Waals surface area contributed by atoms with E-state index in [4.69, 9.17) is 19.3 Å². The van der Waals surface area contributed by atoms with Crippen LogP contribution in [0.2, 0.25) is 0 Å². The number of fused-ring (bicyclic) bond motifs is 1. The van der Waals surface area contributed by atoms with Crippen molar-refractivity contribution in [2.75, 3.05) is 31.3 Å². The Kier molecular flexibility index (Phi) is 3.76. The van der Waals surface area contributed by atoms with E-state index in [2.05, 4.69) is 0 Å². The van der Waals surface area contributed by atoms with Crippen LogP contribution in [0, 0.1) is 0 Å². The summed E-state index contributed by atoms with van der Waals surface area (Å²) in [6.07, 6.45) is -1.80. The molecule has 2 aliphatic heterocycles. The van der Waals surface area contributed by atoms with E-state index in [1.165, 1.54) is 4.90 Å². The van der Waals surface area contributed by atoms with E-state index < -0.39 is 18.2 Å². The number of carbonyl (C=O) groups excluding carboxylic acids is 1. The van der Waals surface area contributed by atoms with E-state index >= 15 is 0 Å². The van der Waals surface area contributed by atoms with Crippen LogP contribution in [0.4, 0.5) is 5.69 Å². The summed E-state index contributed by atoms with van der Waals surface area (Å²) in [5.74, 6) is -1.04. The molecule has 1 amide bonds. The van der Waals surface area contributed by atoms with Crippen molar-refractivity contribution in [3.8, 4) is 5.75 Å². The van der Waals surface area contributed by atoms with Crippen molar-refractivity contribution in [3.05, 3.63) is 24.3 Å². The second kappa shape index (κ2) is 5.71.